The molecule has 0 radical (unpaired) electrons. The van der Waals surface area contributed by atoms with E-state index in [2.05, 4.69) is 0 Å². The zero-order chi connectivity index (χ0) is 12.8. The monoisotopic (exact) mass is 275 g/mol. The molecular weight excluding hydrogens is 262 g/mol. The Labute approximate surface area is 104 Å². The minimum absolute atomic E-state index is 0.0754. The lowest BCUT2D eigenvalue weighted by Crippen LogP contribution is -2.52. The lowest BCUT2D eigenvalue weighted by atomic mass is 10.0. The average molecular weight is 275 g/mol. The van der Waals surface area contributed by atoms with Crippen molar-refractivity contribution in [3.8, 4) is 0 Å². The van der Waals surface area contributed by atoms with E-state index < -0.39 is 21.9 Å². The Morgan fingerprint density at radius 1 is 1.47 bits per heavy atom. The van der Waals surface area contributed by atoms with Gasteiger partial charge in [-0.05, 0) is 19.9 Å². The summed E-state index contributed by atoms with van der Waals surface area (Å²) in [5.74, 6) is -1.50. The van der Waals surface area contributed by atoms with Crippen molar-refractivity contribution in [1.29, 1.82) is 0 Å². The maximum absolute atomic E-state index is 12.2. The van der Waals surface area contributed by atoms with Crippen LogP contribution in [0.1, 0.15) is 9.75 Å². The van der Waals surface area contributed by atoms with Crippen molar-refractivity contribution in [3.63, 3.8) is 0 Å². The fraction of sp³-hybridized carbons (Fsp3) is 0.500. The van der Waals surface area contributed by atoms with Gasteiger partial charge in [0.1, 0.15) is 0 Å². The first-order valence-electron chi connectivity index (χ1n) is 5.12. The Balaban J connectivity index is 2.22. The van der Waals surface area contributed by atoms with E-state index in [1.54, 1.807) is 13.0 Å². The molecule has 0 atom stereocenters. The number of hydrogen-bond acceptors (Lipinski definition) is 4. The SMILES string of the molecule is Cc1cc(S(=O)(=O)N2CC(C(=O)O)C2)c(C)s1. The van der Waals surface area contributed by atoms with Gasteiger partial charge >= 0.3 is 5.97 Å². The molecule has 7 heteroatoms. The molecule has 1 fully saturated rings. The first-order chi connectivity index (χ1) is 7.82. The fourth-order valence-electron chi connectivity index (χ4n) is 1.79. The summed E-state index contributed by atoms with van der Waals surface area (Å²) in [5.41, 5.74) is 0. The van der Waals surface area contributed by atoms with Crippen molar-refractivity contribution in [2.24, 2.45) is 5.92 Å². The largest absolute Gasteiger partial charge is 0.481 e. The number of carboxylic acids is 1. The van der Waals surface area contributed by atoms with Gasteiger partial charge in [-0.2, -0.15) is 4.31 Å². The summed E-state index contributed by atoms with van der Waals surface area (Å²) in [4.78, 5) is 12.6. The third-order valence-electron chi connectivity index (χ3n) is 2.81. The molecule has 1 aromatic rings. The van der Waals surface area contributed by atoms with Gasteiger partial charge in [0.25, 0.3) is 0 Å². The zero-order valence-electron chi connectivity index (χ0n) is 9.50. The molecular formula is C10H13NO4S2. The summed E-state index contributed by atoms with van der Waals surface area (Å²) in [7, 11) is -3.50. The predicted octanol–water partition coefficient (Wildman–Crippen LogP) is 1.07. The number of aryl methyl sites for hydroxylation is 2. The molecule has 1 aliphatic heterocycles. The van der Waals surface area contributed by atoms with E-state index in [0.717, 1.165) is 9.75 Å². The van der Waals surface area contributed by atoms with E-state index in [-0.39, 0.29) is 13.1 Å². The number of aliphatic carboxylic acids is 1. The Morgan fingerprint density at radius 2 is 2.06 bits per heavy atom. The minimum Gasteiger partial charge on any atom is -0.481 e. The van der Waals surface area contributed by atoms with Gasteiger partial charge in [-0.1, -0.05) is 0 Å². The normalized spacial score (nSPS) is 18.0. The summed E-state index contributed by atoms with van der Waals surface area (Å²) >= 11 is 1.43. The maximum atomic E-state index is 12.2. The first-order valence-corrected chi connectivity index (χ1v) is 7.38. The van der Waals surface area contributed by atoms with Crippen LogP contribution >= 0.6 is 11.3 Å². The van der Waals surface area contributed by atoms with E-state index >= 15 is 0 Å². The van der Waals surface area contributed by atoms with Gasteiger partial charge < -0.3 is 5.11 Å². The van der Waals surface area contributed by atoms with Crippen molar-refractivity contribution in [2.45, 2.75) is 18.7 Å². The molecule has 5 nitrogen and oxygen atoms in total. The fourth-order valence-corrected chi connectivity index (χ4v) is 4.85. The van der Waals surface area contributed by atoms with E-state index in [4.69, 9.17) is 5.11 Å². The topological polar surface area (TPSA) is 74.7 Å². The van der Waals surface area contributed by atoms with Crippen LogP contribution in [-0.4, -0.2) is 36.9 Å². The standard InChI is InChI=1S/C10H13NO4S2/c1-6-3-9(7(2)16-6)17(14,15)11-4-8(5-11)10(12)13/h3,8H,4-5H2,1-2H3,(H,12,13). The van der Waals surface area contributed by atoms with E-state index in [0.29, 0.717) is 4.90 Å². The highest BCUT2D eigenvalue weighted by atomic mass is 32.2. The van der Waals surface area contributed by atoms with E-state index in [1.165, 1.54) is 15.6 Å². The van der Waals surface area contributed by atoms with Crippen LogP contribution in [0, 0.1) is 19.8 Å². The minimum atomic E-state index is -3.50. The summed E-state index contributed by atoms with van der Waals surface area (Å²) in [5, 5.41) is 8.73. The van der Waals surface area contributed by atoms with Crippen LogP contribution in [0.25, 0.3) is 0 Å². The van der Waals surface area contributed by atoms with E-state index in [9.17, 15) is 13.2 Å². The molecule has 2 rings (SSSR count). The summed E-state index contributed by atoms with van der Waals surface area (Å²) < 4.78 is 25.5. The van der Waals surface area contributed by atoms with Crippen LogP contribution in [-0.2, 0) is 14.8 Å². The third-order valence-corrected chi connectivity index (χ3v) is 5.86. The van der Waals surface area contributed by atoms with Gasteiger partial charge in [-0.3, -0.25) is 4.79 Å². The second-order valence-electron chi connectivity index (χ2n) is 4.13. The lowest BCUT2D eigenvalue weighted by molar-refractivity contribution is -0.145. The van der Waals surface area contributed by atoms with Crippen LogP contribution < -0.4 is 0 Å². The Bertz CT molecular complexity index is 555. The number of nitrogens with zero attached hydrogens (tertiary/aromatic N) is 1. The van der Waals surface area contributed by atoms with E-state index in [1.807, 2.05) is 6.92 Å². The summed E-state index contributed by atoms with van der Waals surface area (Å²) in [6.45, 7) is 3.77. The van der Waals surface area contributed by atoms with Gasteiger partial charge in [0, 0.05) is 22.8 Å². The Morgan fingerprint density at radius 3 is 2.47 bits per heavy atom. The van der Waals surface area contributed by atoms with Gasteiger partial charge in [-0.25, -0.2) is 8.42 Å². The van der Waals surface area contributed by atoms with Gasteiger partial charge in [-0.15, -0.1) is 11.3 Å². The molecule has 0 spiro atoms. The van der Waals surface area contributed by atoms with Crippen molar-refractivity contribution >= 4 is 27.3 Å². The maximum Gasteiger partial charge on any atom is 0.309 e. The molecule has 1 aliphatic rings. The summed E-state index contributed by atoms with van der Waals surface area (Å²) in [6, 6.07) is 1.64. The molecule has 0 bridgehead atoms. The first kappa shape index (κ1) is 12.5. The van der Waals surface area contributed by atoms with Crippen LogP contribution in [0.4, 0.5) is 0 Å². The van der Waals surface area contributed by atoms with Gasteiger partial charge in [0.2, 0.25) is 10.0 Å². The third kappa shape index (κ3) is 2.10. The molecule has 0 amide bonds. The molecule has 1 N–H and O–H groups in total. The molecule has 0 aromatic carbocycles. The quantitative estimate of drug-likeness (QED) is 0.895. The molecule has 17 heavy (non-hydrogen) atoms. The second-order valence-corrected chi connectivity index (χ2v) is 7.50. The molecule has 94 valence electrons. The lowest BCUT2D eigenvalue weighted by Gasteiger charge is -2.35. The number of hydrogen-bond donors (Lipinski definition) is 1. The van der Waals surface area contributed by atoms with Crippen LogP contribution in [0.5, 0.6) is 0 Å². The molecule has 1 saturated heterocycles. The van der Waals surface area contributed by atoms with Crippen LogP contribution in [0.15, 0.2) is 11.0 Å². The number of rotatable bonds is 3. The highest BCUT2D eigenvalue weighted by Gasteiger charge is 2.41. The van der Waals surface area contributed by atoms with Crippen molar-refractivity contribution in [2.75, 3.05) is 13.1 Å². The summed E-state index contributed by atoms with van der Waals surface area (Å²) in [6.07, 6.45) is 0. The van der Waals surface area contributed by atoms with Crippen molar-refractivity contribution < 1.29 is 18.3 Å². The highest BCUT2D eigenvalue weighted by Crippen LogP contribution is 2.31. The number of carbonyl (C=O) groups is 1. The Kier molecular flexibility index (Phi) is 3.01. The molecule has 1 aromatic heterocycles. The van der Waals surface area contributed by atoms with Crippen molar-refractivity contribution in [1.82, 2.24) is 4.31 Å². The van der Waals surface area contributed by atoms with Crippen LogP contribution in [0.2, 0.25) is 0 Å². The average Bonchev–Trinajstić information content (AvgIpc) is 2.41. The molecule has 0 aliphatic carbocycles. The van der Waals surface area contributed by atoms with Gasteiger partial charge in [0.15, 0.2) is 0 Å². The number of sulfonamides is 1. The predicted molar refractivity (Wildman–Crippen MR) is 63.7 cm³/mol. The van der Waals surface area contributed by atoms with Gasteiger partial charge in [0.05, 0.1) is 10.8 Å². The molecule has 0 unspecified atom stereocenters. The second kappa shape index (κ2) is 4.08. The smallest absolute Gasteiger partial charge is 0.309 e. The highest BCUT2D eigenvalue weighted by molar-refractivity contribution is 7.89. The Hall–Kier alpha value is -0.920. The van der Waals surface area contributed by atoms with Crippen LogP contribution in [0.3, 0.4) is 0 Å². The number of thiophene rings is 1. The number of carboxylic acid groups (broad SMARTS) is 1. The molecule has 0 saturated carbocycles. The van der Waals surface area contributed by atoms with Crippen molar-refractivity contribution in [3.05, 3.63) is 15.8 Å². The molecule has 2 heterocycles. The zero-order valence-corrected chi connectivity index (χ0v) is 11.1.